The van der Waals surface area contributed by atoms with E-state index in [2.05, 4.69) is 17.6 Å². The Bertz CT molecular complexity index is 226. The van der Waals surface area contributed by atoms with Gasteiger partial charge >= 0.3 is 0 Å². The second-order valence-corrected chi connectivity index (χ2v) is 3.82. The summed E-state index contributed by atoms with van der Waals surface area (Å²) in [4.78, 5) is 0. The molecular weight excluding hydrogens is 178 g/mol. The molecule has 0 aliphatic carbocycles. The van der Waals surface area contributed by atoms with Gasteiger partial charge in [-0.2, -0.15) is 0 Å². The molecule has 3 N–H and O–H groups in total. The Kier molecular flexibility index (Phi) is 3.95. The highest BCUT2D eigenvalue weighted by Gasteiger charge is 2.14. The summed E-state index contributed by atoms with van der Waals surface area (Å²) < 4.78 is 5.51. The van der Waals surface area contributed by atoms with Gasteiger partial charge in [0.05, 0.1) is 18.0 Å². The Balaban J connectivity index is 2.64. The summed E-state index contributed by atoms with van der Waals surface area (Å²) in [5.41, 5.74) is 0.979. The number of rotatable bonds is 3. The zero-order valence-corrected chi connectivity index (χ0v) is 9.05. The van der Waals surface area contributed by atoms with E-state index in [4.69, 9.17) is 10.1 Å². The molecule has 0 spiro atoms. The van der Waals surface area contributed by atoms with Gasteiger partial charge in [0, 0.05) is 19.1 Å². The first kappa shape index (κ1) is 11.0. The average molecular weight is 197 g/mol. The zero-order valence-electron chi connectivity index (χ0n) is 9.05. The van der Waals surface area contributed by atoms with Crippen molar-refractivity contribution in [1.82, 2.24) is 10.6 Å². The number of nitrogens with one attached hydrogen (secondary N) is 3. The minimum absolute atomic E-state index is 0.111. The van der Waals surface area contributed by atoms with Gasteiger partial charge in [0.25, 0.3) is 0 Å². The average Bonchev–Trinajstić information content (AvgIpc) is 2.15. The third-order valence-corrected chi connectivity index (χ3v) is 2.04. The van der Waals surface area contributed by atoms with Crippen LogP contribution in [0.4, 0.5) is 0 Å². The van der Waals surface area contributed by atoms with E-state index in [0.29, 0.717) is 11.8 Å². The molecule has 1 aliphatic rings. The molecule has 1 unspecified atom stereocenters. The van der Waals surface area contributed by atoms with Gasteiger partial charge in [0.15, 0.2) is 5.76 Å². The molecule has 4 nitrogen and oxygen atoms in total. The predicted molar refractivity (Wildman–Crippen MR) is 57.5 cm³/mol. The van der Waals surface area contributed by atoms with Crippen molar-refractivity contribution in [3.8, 4) is 0 Å². The standard InChI is InChI=1S/C10H19N3O/c1-7(2)14-10(4-11)9-6-12-8(3)5-13-9/h4,7-8,11-13H,5-6H2,1-3H3/b10-9+,11-4?. The van der Waals surface area contributed by atoms with Gasteiger partial charge in [-0.15, -0.1) is 0 Å². The lowest BCUT2D eigenvalue weighted by Gasteiger charge is -2.26. The van der Waals surface area contributed by atoms with Crippen LogP contribution in [0.1, 0.15) is 20.8 Å². The number of hydrogen-bond acceptors (Lipinski definition) is 4. The SMILES string of the molecule is CC1CN/C(=C(\C=N)OC(C)C)CN1. The monoisotopic (exact) mass is 197 g/mol. The van der Waals surface area contributed by atoms with Gasteiger partial charge in [0.1, 0.15) is 0 Å². The molecule has 4 heteroatoms. The fraction of sp³-hybridized carbons (Fsp3) is 0.700. The molecule has 1 saturated heterocycles. The minimum atomic E-state index is 0.111. The van der Waals surface area contributed by atoms with Crippen molar-refractivity contribution in [3.63, 3.8) is 0 Å². The molecule has 14 heavy (non-hydrogen) atoms. The molecule has 1 rings (SSSR count). The molecule has 1 fully saturated rings. The fourth-order valence-corrected chi connectivity index (χ4v) is 1.31. The Morgan fingerprint density at radius 2 is 2.36 bits per heavy atom. The summed E-state index contributed by atoms with van der Waals surface area (Å²) in [6.45, 7) is 7.68. The highest BCUT2D eigenvalue weighted by Crippen LogP contribution is 2.07. The van der Waals surface area contributed by atoms with Crippen LogP contribution in [-0.4, -0.2) is 31.4 Å². The lowest BCUT2D eigenvalue weighted by molar-refractivity contribution is 0.159. The van der Waals surface area contributed by atoms with Crippen LogP contribution in [0.3, 0.4) is 0 Å². The Morgan fingerprint density at radius 3 is 2.79 bits per heavy atom. The van der Waals surface area contributed by atoms with Crippen LogP contribution in [0.5, 0.6) is 0 Å². The fourth-order valence-electron chi connectivity index (χ4n) is 1.31. The first-order valence-corrected chi connectivity index (χ1v) is 5.01. The van der Waals surface area contributed by atoms with Gasteiger partial charge < -0.3 is 20.8 Å². The smallest absolute Gasteiger partial charge is 0.157 e. The van der Waals surface area contributed by atoms with Crippen molar-refractivity contribution >= 4 is 6.21 Å². The molecule has 0 bridgehead atoms. The number of ether oxygens (including phenoxy) is 1. The quantitative estimate of drug-likeness (QED) is 0.464. The lowest BCUT2D eigenvalue weighted by Crippen LogP contribution is -2.46. The Morgan fingerprint density at radius 1 is 1.64 bits per heavy atom. The van der Waals surface area contributed by atoms with Crippen LogP contribution in [0.2, 0.25) is 0 Å². The second-order valence-electron chi connectivity index (χ2n) is 3.82. The molecule has 1 heterocycles. The van der Waals surface area contributed by atoms with Crippen molar-refractivity contribution in [1.29, 1.82) is 5.41 Å². The third-order valence-electron chi connectivity index (χ3n) is 2.04. The highest BCUT2D eigenvalue weighted by atomic mass is 16.5. The van der Waals surface area contributed by atoms with Gasteiger partial charge in [-0.3, -0.25) is 0 Å². The van der Waals surface area contributed by atoms with Crippen LogP contribution in [0.25, 0.3) is 0 Å². The first-order valence-electron chi connectivity index (χ1n) is 5.01. The molecule has 80 valence electrons. The Hall–Kier alpha value is -1.03. The highest BCUT2D eigenvalue weighted by molar-refractivity contribution is 5.74. The van der Waals surface area contributed by atoms with Gasteiger partial charge in [0.2, 0.25) is 0 Å². The van der Waals surface area contributed by atoms with Crippen LogP contribution >= 0.6 is 0 Å². The van der Waals surface area contributed by atoms with Crippen molar-refractivity contribution in [2.24, 2.45) is 0 Å². The summed E-state index contributed by atoms with van der Waals surface area (Å²) in [6.07, 6.45) is 1.38. The number of hydrogen-bond donors (Lipinski definition) is 3. The summed E-state index contributed by atoms with van der Waals surface area (Å²) in [5.74, 6) is 0.638. The summed E-state index contributed by atoms with van der Waals surface area (Å²) in [6, 6.07) is 0.477. The normalized spacial score (nSPS) is 25.6. The third kappa shape index (κ3) is 3.03. The molecule has 0 aromatic carbocycles. The topological polar surface area (TPSA) is 57.1 Å². The van der Waals surface area contributed by atoms with Crippen molar-refractivity contribution in [2.45, 2.75) is 32.9 Å². The van der Waals surface area contributed by atoms with E-state index >= 15 is 0 Å². The maximum atomic E-state index is 7.26. The molecule has 1 atom stereocenters. The van der Waals surface area contributed by atoms with E-state index in [-0.39, 0.29) is 6.10 Å². The van der Waals surface area contributed by atoms with E-state index in [0.717, 1.165) is 18.8 Å². The molecule has 0 amide bonds. The van der Waals surface area contributed by atoms with Gasteiger partial charge in [-0.1, -0.05) is 0 Å². The summed E-state index contributed by atoms with van der Waals surface area (Å²) in [7, 11) is 0. The lowest BCUT2D eigenvalue weighted by atomic mass is 10.2. The summed E-state index contributed by atoms with van der Waals surface area (Å²) in [5, 5.41) is 13.8. The van der Waals surface area contributed by atoms with E-state index in [9.17, 15) is 0 Å². The van der Waals surface area contributed by atoms with E-state index in [1.807, 2.05) is 13.8 Å². The molecule has 0 saturated carbocycles. The Labute approximate surface area is 85.2 Å². The second kappa shape index (κ2) is 5.00. The number of allylic oxidation sites excluding steroid dienone is 1. The zero-order chi connectivity index (χ0) is 10.6. The maximum Gasteiger partial charge on any atom is 0.157 e. The van der Waals surface area contributed by atoms with E-state index in [1.165, 1.54) is 6.21 Å². The van der Waals surface area contributed by atoms with Crippen molar-refractivity contribution in [2.75, 3.05) is 13.1 Å². The molecule has 1 aliphatic heterocycles. The largest absolute Gasteiger partial charge is 0.488 e. The van der Waals surface area contributed by atoms with Crippen molar-refractivity contribution < 1.29 is 4.74 Å². The van der Waals surface area contributed by atoms with Crippen LogP contribution in [-0.2, 0) is 4.74 Å². The molecular formula is C10H19N3O. The molecule has 0 aromatic rings. The number of piperazine rings is 1. The first-order chi connectivity index (χ1) is 6.63. The van der Waals surface area contributed by atoms with Gasteiger partial charge in [-0.25, -0.2) is 0 Å². The molecule has 0 radical (unpaired) electrons. The molecule has 0 aromatic heterocycles. The van der Waals surface area contributed by atoms with E-state index < -0.39 is 0 Å². The van der Waals surface area contributed by atoms with Crippen LogP contribution in [0.15, 0.2) is 11.5 Å². The minimum Gasteiger partial charge on any atom is -0.488 e. The van der Waals surface area contributed by atoms with Crippen molar-refractivity contribution in [3.05, 3.63) is 11.5 Å². The van der Waals surface area contributed by atoms with E-state index in [1.54, 1.807) is 0 Å². The van der Waals surface area contributed by atoms with Gasteiger partial charge in [-0.05, 0) is 20.8 Å². The predicted octanol–water partition coefficient (Wildman–Crippen LogP) is 0.854. The summed E-state index contributed by atoms with van der Waals surface area (Å²) >= 11 is 0. The van der Waals surface area contributed by atoms with Crippen LogP contribution in [0, 0.1) is 5.41 Å². The maximum absolute atomic E-state index is 7.26. The van der Waals surface area contributed by atoms with Crippen LogP contribution < -0.4 is 10.6 Å².